The average Bonchev–Trinajstić information content (AvgIpc) is 2.59. The molecule has 0 saturated carbocycles. The number of nitro groups is 1. The van der Waals surface area contributed by atoms with Crippen LogP contribution in [-0.4, -0.2) is 50.9 Å². The summed E-state index contributed by atoms with van der Waals surface area (Å²) < 4.78 is 45.4. The quantitative estimate of drug-likeness (QED) is 0.575. The summed E-state index contributed by atoms with van der Waals surface area (Å²) in [5.74, 6) is -1.26. The van der Waals surface area contributed by atoms with Crippen molar-refractivity contribution in [3.8, 4) is 5.75 Å². The van der Waals surface area contributed by atoms with E-state index in [-0.39, 0.29) is 0 Å². The predicted octanol–water partition coefficient (Wildman–Crippen LogP) is 1.75. The van der Waals surface area contributed by atoms with E-state index in [1.807, 2.05) is 6.92 Å². The summed E-state index contributed by atoms with van der Waals surface area (Å²) >= 11 is 0. The molecule has 1 aliphatic heterocycles. The summed E-state index contributed by atoms with van der Waals surface area (Å²) in [7, 11) is -2.90. The molecule has 1 saturated heterocycles. The lowest BCUT2D eigenvalue weighted by Gasteiger charge is -2.31. The Labute approximate surface area is 146 Å². The van der Waals surface area contributed by atoms with E-state index in [0.717, 1.165) is 32.3 Å². The van der Waals surface area contributed by atoms with E-state index in [9.17, 15) is 22.9 Å². The summed E-state index contributed by atoms with van der Waals surface area (Å²) in [6.45, 7) is 4.30. The van der Waals surface area contributed by atoms with Crippen molar-refractivity contribution in [2.75, 3.05) is 33.3 Å². The summed E-state index contributed by atoms with van der Waals surface area (Å²) in [5.41, 5.74) is -0.705. The van der Waals surface area contributed by atoms with E-state index < -0.39 is 37.1 Å². The van der Waals surface area contributed by atoms with Gasteiger partial charge in [-0.15, -0.1) is 0 Å². The van der Waals surface area contributed by atoms with Gasteiger partial charge < -0.3 is 10.1 Å². The van der Waals surface area contributed by atoms with Crippen molar-refractivity contribution in [2.24, 2.45) is 5.92 Å². The number of ether oxygens (including phenoxy) is 1. The van der Waals surface area contributed by atoms with Crippen molar-refractivity contribution in [1.29, 1.82) is 0 Å². The van der Waals surface area contributed by atoms with Crippen LogP contribution in [0.1, 0.15) is 19.8 Å². The molecule has 0 bridgehead atoms. The van der Waals surface area contributed by atoms with Crippen LogP contribution in [0, 0.1) is 21.8 Å². The minimum atomic E-state index is -4.00. The van der Waals surface area contributed by atoms with Crippen molar-refractivity contribution < 1.29 is 22.5 Å². The first-order valence-corrected chi connectivity index (χ1v) is 9.48. The molecule has 0 atom stereocenters. The highest BCUT2D eigenvalue weighted by molar-refractivity contribution is 7.89. The van der Waals surface area contributed by atoms with Gasteiger partial charge in [0.25, 0.3) is 0 Å². The third-order valence-electron chi connectivity index (χ3n) is 4.29. The fourth-order valence-electron chi connectivity index (χ4n) is 2.89. The number of nitrogens with zero attached hydrogens (tertiary/aromatic N) is 2. The Bertz CT molecular complexity index is 733. The highest BCUT2D eigenvalue weighted by Gasteiger charge is 2.32. The third kappa shape index (κ3) is 4.25. The molecule has 10 heteroatoms. The Morgan fingerprint density at radius 3 is 2.56 bits per heavy atom. The van der Waals surface area contributed by atoms with Crippen LogP contribution >= 0.6 is 0 Å². The summed E-state index contributed by atoms with van der Waals surface area (Å²) in [4.78, 5) is 9.79. The van der Waals surface area contributed by atoms with Crippen molar-refractivity contribution in [1.82, 2.24) is 9.62 Å². The molecule has 0 aliphatic carbocycles. The molecule has 8 nitrogen and oxygen atoms in total. The minimum Gasteiger partial charge on any atom is -0.488 e. The molecule has 0 amide bonds. The molecule has 0 unspecified atom stereocenters. The smallest absolute Gasteiger partial charge is 0.315 e. The topological polar surface area (TPSA) is 102 Å². The van der Waals surface area contributed by atoms with Crippen molar-refractivity contribution in [3.05, 3.63) is 28.1 Å². The number of halogens is 1. The standard InChI is InChI=1S/C15H22FN3O5S/c1-3-17-10-11-4-6-18(7-5-11)25(22,23)12-8-13(16)15(24-2)14(9-12)19(20)21/h8-9,11,17H,3-7,10H2,1-2H3. The number of hydrogen-bond acceptors (Lipinski definition) is 6. The van der Waals surface area contributed by atoms with Crippen molar-refractivity contribution >= 4 is 15.7 Å². The fraction of sp³-hybridized carbons (Fsp3) is 0.600. The zero-order valence-corrected chi connectivity index (χ0v) is 15.0. The lowest BCUT2D eigenvalue weighted by molar-refractivity contribution is -0.386. The number of hydrogen-bond donors (Lipinski definition) is 1. The van der Waals surface area contributed by atoms with Gasteiger partial charge in [0.2, 0.25) is 15.8 Å². The van der Waals surface area contributed by atoms with E-state index in [0.29, 0.717) is 31.8 Å². The first kappa shape index (κ1) is 19.5. The van der Waals surface area contributed by atoms with Crippen LogP contribution in [0.25, 0.3) is 0 Å². The van der Waals surface area contributed by atoms with E-state index in [1.54, 1.807) is 0 Å². The second kappa shape index (κ2) is 8.07. The number of benzene rings is 1. The molecule has 0 radical (unpaired) electrons. The largest absolute Gasteiger partial charge is 0.488 e. The molecular formula is C15H22FN3O5S. The van der Waals surface area contributed by atoms with E-state index in [1.165, 1.54) is 4.31 Å². The molecule has 1 aromatic rings. The molecule has 2 rings (SSSR count). The minimum absolute atomic E-state index is 0.305. The first-order valence-electron chi connectivity index (χ1n) is 8.04. The second-order valence-electron chi connectivity index (χ2n) is 5.87. The maximum Gasteiger partial charge on any atom is 0.315 e. The number of rotatable bonds is 7. The number of methoxy groups -OCH3 is 1. The van der Waals surface area contributed by atoms with Gasteiger partial charge in [0.15, 0.2) is 5.82 Å². The first-order chi connectivity index (χ1) is 11.8. The molecule has 1 aliphatic rings. The highest BCUT2D eigenvalue weighted by Crippen LogP contribution is 2.34. The predicted molar refractivity (Wildman–Crippen MR) is 89.6 cm³/mol. The Morgan fingerprint density at radius 2 is 2.04 bits per heavy atom. The van der Waals surface area contributed by atoms with Gasteiger partial charge in [-0.3, -0.25) is 10.1 Å². The molecule has 1 fully saturated rings. The Hall–Kier alpha value is -1.78. The van der Waals surface area contributed by atoms with Gasteiger partial charge in [-0.1, -0.05) is 6.92 Å². The molecule has 25 heavy (non-hydrogen) atoms. The molecule has 1 heterocycles. The number of nitro benzene ring substituents is 1. The van der Waals surface area contributed by atoms with Crippen LogP contribution in [0.3, 0.4) is 0 Å². The summed E-state index contributed by atoms with van der Waals surface area (Å²) in [6.07, 6.45) is 1.37. The maximum absolute atomic E-state index is 14.0. The molecular weight excluding hydrogens is 353 g/mol. The van der Waals surface area contributed by atoms with Crippen LogP contribution in [0.4, 0.5) is 10.1 Å². The van der Waals surface area contributed by atoms with Crippen LogP contribution < -0.4 is 10.1 Å². The Kier molecular flexibility index (Phi) is 6.31. The maximum atomic E-state index is 14.0. The highest BCUT2D eigenvalue weighted by atomic mass is 32.2. The molecule has 1 N–H and O–H groups in total. The van der Waals surface area contributed by atoms with Gasteiger partial charge in [-0.25, -0.2) is 12.8 Å². The summed E-state index contributed by atoms with van der Waals surface area (Å²) in [6, 6.07) is 1.62. The zero-order valence-electron chi connectivity index (χ0n) is 14.2. The van der Waals surface area contributed by atoms with Crippen LogP contribution in [-0.2, 0) is 10.0 Å². The molecule has 1 aromatic carbocycles. The number of sulfonamides is 1. The van der Waals surface area contributed by atoms with Gasteiger partial charge in [-0.2, -0.15) is 4.31 Å². The van der Waals surface area contributed by atoms with Crippen molar-refractivity contribution in [2.45, 2.75) is 24.7 Å². The molecule has 140 valence electrons. The number of nitrogens with one attached hydrogen (secondary N) is 1. The third-order valence-corrected chi connectivity index (χ3v) is 6.17. The molecule has 0 spiro atoms. The summed E-state index contributed by atoms with van der Waals surface area (Å²) in [5, 5.41) is 14.3. The van der Waals surface area contributed by atoms with Gasteiger partial charge in [-0.05, 0) is 37.9 Å². The second-order valence-corrected chi connectivity index (χ2v) is 7.81. The van der Waals surface area contributed by atoms with Gasteiger partial charge >= 0.3 is 5.69 Å². The van der Waals surface area contributed by atoms with Gasteiger partial charge in [0, 0.05) is 19.2 Å². The van der Waals surface area contributed by atoms with Crippen LogP contribution in [0.15, 0.2) is 17.0 Å². The van der Waals surface area contributed by atoms with Crippen LogP contribution in [0.5, 0.6) is 5.75 Å². The van der Waals surface area contributed by atoms with E-state index in [4.69, 9.17) is 0 Å². The Balaban J connectivity index is 2.24. The molecule has 0 aromatic heterocycles. The normalized spacial score (nSPS) is 16.8. The van der Waals surface area contributed by atoms with Crippen LogP contribution in [0.2, 0.25) is 0 Å². The lowest BCUT2D eigenvalue weighted by atomic mass is 9.98. The Morgan fingerprint density at radius 1 is 1.40 bits per heavy atom. The van der Waals surface area contributed by atoms with E-state index in [2.05, 4.69) is 10.1 Å². The van der Waals surface area contributed by atoms with Gasteiger partial charge in [0.05, 0.1) is 16.9 Å². The monoisotopic (exact) mass is 375 g/mol. The van der Waals surface area contributed by atoms with Gasteiger partial charge in [0.1, 0.15) is 0 Å². The average molecular weight is 375 g/mol. The van der Waals surface area contributed by atoms with Crippen molar-refractivity contribution in [3.63, 3.8) is 0 Å². The fourth-order valence-corrected chi connectivity index (χ4v) is 4.40. The lowest BCUT2D eigenvalue weighted by Crippen LogP contribution is -2.40. The SMILES string of the molecule is CCNCC1CCN(S(=O)(=O)c2cc(F)c(OC)c([N+](=O)[O-])c2)CC1. The number of piperidine rings is 1. The zero-order chi connectivity index (χ0) is 18.6. The van der Waals surface area contributed by atoms with E-state index >= 15 is 0 Å².